The molecule has 3 aromatic carbocycles. The second-order valence-corrected chi connectivity index (χ2v) is 7.73. The SMILES string of the molecule is COc1cc2nc(-c3cccc4ccccc34)nc(NCCCN(C)C)c2cc1OC. The summed E-state index contributed by atoms with van der Waals surface area (Å²) in [4.78, 5) is 12.0. The highest BCUT2D eigenvalue weighted by Crippen LogP contribution is 2.36. The number of hydrogen-bond donors (Lipinski definition) is 1. The molecule has 0 aliphatic rings. The first kappa shape index (κ1) is 20.9. The van der Waals surface area contributed by atoms with E-state index in [0.29, 0.717) is 17.3 Å². The zero-order chi connectivity index (χ0) is 21.8. The van der Waals surface area contributed by atoms with E-state index in [1.54, 1.807) is 14.2 Å². The Hall–Kier alpha value is -3.38. The van der Waals surface area contributed by atoms with E-state index in [-0.39, 0.29) is 0 Å². The number of aromatic nitrogens is 2. The summed E-state index contributed by atoms with van der Waals surface area (Å²) >= 11 is 0. The van der Waals surface area contributed by atoms with E-state index in [4.69, 9.17) is 19.4 Å². The van der Waals surface area contributed by atoms with Crippen molar-refractivity contribution in [3.05, 3.63) is 54.6 Å². The van der Waals surface area contributed by atoms with Crippen molar-refractivity contribution in [2.24, 2.45) is 0 Å². The van der Waals surface area contributed by atoms with Crippen molar-refractivity contribution < 1.29 is 9.47 Å². The zero-order valence-corrected chi connectivity index (χ0v) is 18.5. The van der Waals surface area contributed by atoms with Gasteiger partial charge >= 0.3 is 0 Å². The minimum atomic E-state index is 0.649. The van der Waals surface area contributed by atoms with Crippen LogP contribution < -0.4 is 14.8 Å². The van der Waals surface area contributed by atoms with E-state index in [9.17, 15) is 0 Å². The van der Waals surface area contributed by atoms with E-state index in [1.165, 1.54) is 0 Å². The van der Waals surface area contributed by atoms with Crippen molar-refractivity contribution in [2.75, 3.05) is 46.7 Å². The molecule has 31 heavy (non-hydrogen) atoms. The highest BCUT2D eigenvalue weighted by atomic mass is 16.5. The molecule has 1 N–H and O–H groups in total. The van der Waals surface area contributed by atoms with E-state index in [1.807, 2.05) is 30.3 Å². The standard InChI is InChI=1S/C25H28N4O2/c1-29(2)14-8-13-26-24-20-15-22(30-3)23(31-4)16-21(20)27-25(28-24)19-12-7-10-17-9-5-6-11-18(17)19/h5-7,9-12,15-16H,8,13-14H2,1-4H3,(H,26,27,28). The van der Waals surface area contributed by atoms with Crippen LogP contribution in [0.15, 0.2) is 54.6 Å². The maximum absolute atomic E-state index is 5.51. The molecule has 0 spiro atoms. The molecule has 6 nitrogen and oxygen atoms in total. The van der Waals surface area contributed by atoms with Crippen molar-refractivity contribution in [1.82, 2.24) is 14.9 Å². The van der Waals surface area contributed by atoms with Crippen molar-refractivity contribution in [3.8, 4) is 22.9 Å². The van der Waals surface area contributed by atoms with E-state index >= 15 is 0 Å². The van der Waals surface area contributed by atoms with Crippen LogP contribution in [0.25, 0.3) is 33.1 Å². The maximum Gasteiger partial charge on any atom is 0.162 e. The first-order valence-corrected chi connectivity index (χ1v) is 10.4. The molecule has 160 valence electrons. The average molecular weight is 417 g/mol. The highest BCUT2D eigenvalue weighted by Gasteiger charge is 2.15. The fourth-order valence-corrected chi connectivity index (χ4v) is 3.73. The average Bonchev–Trinajstić information content (AvgIpc) is 2.80. The number of nitrogens with one attached hydrogen (secondary N) is 1. The number of nitrogens with zero attached hydrogens (tertiary/aromatic N) is 3. The fourth-order valence-electron chi connectivity index (χ4n) is 3.73. The molecule has 0 bridgehead atoms. The van der Waals surface area contributed by atoms with Crippen LogP contribution in [0.4, 0.5) is 5.82 Å². The number of fused-ring (bicyclic) bond motifs is 2. The number of methoxy groups -OCH3 is 2. The Kier molecular flexibility index (Phi) is 6.18. The van der Waals surface area contributed by atoms with E-state index in [0.717, 1.165) is 52.6 Å². The Morgan fingerprint density at radius 1 is 0.871 bits per heavy atom. The number of rotatable bonds is 8. The Morgan fingerprint density at radius 2 is 1.61 bits per heavy atom. The smallest absolute Gasteiger partial charge is 0.162 e. The molecular formula is C25H28N4O2. The molecule has 1 aromatic heterocycles. The molecule has 4 rings (SSSR count). The van der Waals surface area contributed by atoms with Crippen LogP contribution in [0.2, 0.25) is 0 Å². The normalized spacial score (nSPS) is 11.3. The minimum absolute atomic E-state index is 0.649. The van der Waals surface area contributed by atoms with Crippen LogP contribution in [-0.2, 0) is 0 Å². The second-order valence-electron chi connectivity index (χ2n) is 7.73. The Bertz CT molecular complexity index is 1200. The van der Waals surface area contributed by atoms with Gasteiger partial charge < -0.3 is 19.7 Å². The van der Waals surface area contributed by atoms with Gasteiger partial charge in [0, 0.05) is 23.6 Å². The van der Waals surface area contributed by atoms with Crippen LogP contribution >= 0.6 is 0 Å². The van der Waals surface area contributed by atoms with Gasteiger partial charge in [-0.25, -0.2) is 9.97 Å². The number of ether oxygens (including phenoxy) is 2. The van der Waals surface area contributed by atoms with Crippen molar-refractivity contribution in [2.45, 2.75) is 6.42 Å². The van der Waals surface area contributed by atoms with Gasteiger partial charge in [-0.05, 0) is 43.9 Å². The first-order valence-electron chi connectivity index (χ1n) is 10.4. The third-order valence-electron chi connectivity index (χ3n) is 5.31. The van der Waals surface area contributed by atoms with Crippen LogP contribution in [0.5, 0.6) is 11.5 Å². The maximum atomic E-state index is 5.51. The van der Waals surface area contributed by atoms with Crippen molar-refractivity contribution in [3.63, 3.8) is 0 Å². The van der Waals surface area contributed by atoms with Gasteiger partial charge in [-0.15, -0.1) is 0 Å². The van der Waals surface area contributed by atoms with Gasteiger partial charge in [0.1, 0.15) is 5.82 Å². The fraction of sp³-hybridized carbons (Fsp3) is 0.280. The summed E-state index contributed by atoms with van der Waals surface area (Å²) in [5.74, 6) is 2.79. The van der Waals surface area contributed by atoms with E-state index < -0.39 is 0 Å². The number of hydrogen-bond acceptors (Lipinski definition) is 6. The van der Waals surface area contributed by atoms with E-state index in [2.05, 4.69) is 48.6 Å². The predicted octanol–water partition coefficient (Wildman–Crippen LogP) is 4.83. The van der Waals surface area contributed by atoms with Crippen LogP contribution in [-0.4, -0.2) is 56.3 Å². The van der Waals surface area contributed by atoms with Gasteiger partial charge in [0.05, 0.1) is 19.7 Å². The van der Waals surface area contributed by atoms with Gasteiger partial charge in [-0.3, -0.25) is 0 Å². The molecule has 0 fully saturated rings. The lowest BCUT2D eigenvalue weighted by atomic mass is 10.0. The summed E-state index contributed by atoms with van der Waals surface area (Å²) < 4.78 is 11.0. The zero-order valence-electron chi connectivity index (χ0n) is 18.5. The van der Waals surface area contributed by atoms with Gasteiger partial charge in [0.15, 0.2) is 17.3 Å². The Morgan fingerprint density at radius 3 is 2.39 bits per heavy atom. The summed E-state index contributed by atoms with van der Waals surface area (Å²) in [5.41, 5.74) is 1.82. The van der Waals surface area contributed by atoms with Crippen molar-refractivity contribution >= 4 is 27.5 Å². The third kappa shape index (κ3) is 4.39. The molecule has 0 saturated heterocycles. The molecule has 0 amide bonds. The number of benzene rings is 3. The quantitative estimate of drug-likeness (QED) is 0.415. The molecule has 0 aliphatic heterocycles. The highest BCUT2D eigenvalue weighted by molar-refractivity contribution is 5.98. The monoisotopic (exact) mass is 416 g/mol. The summed E-state index contributed by atoms with van der Waals surface area (Å²) in [6.45, 7) is 1.82. The summed E-state index contributed by atoms with van der Waals surface area (Å²) in [7, 11) is 7.43. The van der Waals surface area contributed by atoms with Gasteiger partial charge in [0.25, 0.3) is 0 Å². The lowest BCUT2D eigenvalue weighted by Gasteiger charge is -2.15. The molecule has 1 heterocycles. The Balaban J connectivity index is 1.85. The van der Waals surface area contributed by atoms with Crippen LogP contribution in [0.1, 0.15) is 6.42 Å². The first-order chi connectivity index (χ1) is 15.1. The van der Waals surface area contributed by atoms with Crippen molar-refractivity contribution in [1.29, 1.82) is 0 Å². The van der Waals surface area contributed by atoms with Gasteiger partial charge in [0.2, 0.25) is 0 Å². The topological polar surface area (TPSA) is 59.5 Å². The molecule has 0 saturated carbocycles. The molecular weight excluding hydrogens is 388 g/mol. The summed E-state index contributed by atoms with van der Waals surface area (Å²) in [6, 6.07) is 18.4. The van der Waals surface area contributed by atoms with Crippen LogP contribution in [0, 0.1) is 0 Å². The predicted molar refractivity (Wildman–Crippen MR) is 127 cm³/mol. The lowest BCUT2D eigenvalue weighted by molar-refractivity contribution is 0.356. The van der Waals surface area contributed by atoms with Gasteiger partial charge in [-0.2, -0.15) is 0 Å². The minimum Gasteiger partial charge on any atom is -0.493 e. The largest absolute Gasteiger partial charge is 0.493 e. The molecule has 0 radical (unpaired) electrons. The summed E-state index contributed by atoms with van der Waals surface area (Å²) in [5, 5.41) is 6.72. The molecule has 6 heteroatoms. The molecule has 0 unspecified atom stereocenters. The third-order valence-corrected chi connectivity index (χ3v) is 5.31. The lowest BCUT2D eigenvalue weighted by Crippen LogP contribution is -2.17. The number of anilines is 1. The second kappa shape index (κ2) is 9.18. The molecule has 0 atom stereocenters. The van der Waals surface area contributed by atoms with Crippen LogP contribution in [0.3, 0.4) is 0 Å². The molecule has 4 aromatic rings. The summed E-state index contributed by atoms with van der Waals surface area (Å²) in [6.07, 6.45) is 1.01. The molecule has 0 aliphatic carbocycles. The Labute approximate surface area is 182 Å². The van der Waals surface area contributed by atoms with Gasteiger partial charge in [-0.1, -0.05) is 42.5 Å².